The molecule has 0 saturated carbocycles. The van der Waals surface area contributed by atoms with Gasteiger partial charge >= 0.3 is 0 Å². The average molecular weight is 426 g/mol. The Morgan fingerprint density at radius 3 is 2.20 bits per heavy atom. The molecule has 0 fully saturated rings. The van der Waals surface area contributed by atoms with Crippen molar-refractivity contribution < 1.29 is 22.7 Å². The SMILES string of the molecule is COc1cccc(CN(C)C(=O)COc2ccc(S(=O)(=O)c3ccccc3)cc2)c1. The minimum atomic E-state index is -3.58. The van der Waals surface area contributed by atoms with Crippen LogP contribution in [0.5, 0.6) is 11.5 Å². The summed E-state index contributed by atoms with van der Waals surface area (Å²) in [5.41, 5.74) is 0.945. The van der Waals surface area contributed by atoms with E-state index in [0.29, 0.717) is 12.3 Å². The molecule has 0 aromatic heterocycles. The summed E-state index contributed by atoms with van der Waals surface area (Å²) in [4.78, 5) is 14.3. The Labute approximate surface area is 176 Å². The molecule has 30 heavy (non-hydrogen) atoms. The Kier molecular flexibility index (Phi) is 6.74. The molecule has 0 aliphatic carbocycles. The summed E-state index contributed by atoms with van der Waals surface area (Å²) >= 11 is 0. The van der Waals surface area contributed by atoms with Gasteiger partial charge < -0.3 is 14.4 Å². The van der Waals surface area contributed by atoms with Crippen LogP contribution in [0.4, 0.5) is 0 Å². The van der Waals surface area contributed by atoms with Crippen LogP contribution in [0, 0.1) is 0 Å². The van der Waals surface area contributed by atoms with Gasteiger partial charge in [0.25, 0.3) is 5.91 Å². The molecule has 3 aromatic carbocycles. The number of nitrogens with zero attached hydrogens (tertiary/aromatic N) is 1. The monoisotopic (exact) mass is 425 g/mol. The maximum absolute atomic E-state index is 12.6. The van der Waals surface area contributed by atoms with Gasteiger partial charge in [0, 0.05) is 13.6 Å². The summed E-state index contributed by atoms with van der Waals surface area (Å²) in [5, 5.41) is 0. The molecule has 0 aliphatic heterocycles. The number of carbonyl (C=O) groups excluding carboxylic acids is 1. The first-order chi connectivity index (χ1) is 14.4. The van der Waals surface area contributed by atoms with Crippen molar-refractivity contribution in [3.8, 4) is 11.5 Å². The Morgan fingerprint density at radius 2 is 1.53 bits per heavy atom. The molecule has 0 atom stereocenters. The quantitative estimate of drug-likeness (QED) is 0.552. The van der Waals surface area contributed by atoms with Crippen LogP contribution in [0.2, 0.25) is 0 Å². The van der Waals surface area contributed by atoms with E-state index in [9.17, 15) is 13.2 Å². The Hall–Kier alpha value is -3.32. The predicted molar refractivity (Wildman–Crippen MR) is 113 cm³/mol. The number of rotatable bonds is 8. The second-order valence-electron chi connectivity index (χ2n) is 6.68. The molecule has 3 aromatic rings. The van der Waals surface area contributed by atoms with Crippen LogP contribution < -0.4 is 9.47 Å². The van der Waals surface area contributed by atoms with Crippen molar-refractivity contribution in [1.82, 2.24) is 4.90 Å². The minimum absolute atomic E-state index is 0.148. The van der Waals surface area contributed by atoms with Crippen molar-refractivity contribution in [3.63, 3.8) is 0 Å². The number of hydrogen-bond donors (Lipinski definition) is 0. The number of sulfone groups is 1. The molecule has 7 heteroatoms. The zero-order valence-corrected chi connectivity index (χ0v) is 17.6. The van der Waals surface area contributed by atoms with E-state index >= 15 is 0 Å². The van der Waals surface area contributed by atoms with Gasteiger partial charge in [0.2, 0.25) is 9.84 Å². The molecule has 0 unspecified atom stereocenters. The van der Waals surface area contributed by atoms with Gasteiger partial charge in [-0.3, -0.25) is 4.79 Å². The van der Waals surface area contributed by atoms with Crippen LogP contribution in [-0.2, 0) is 21.2 Å². The largest absolute Gasteiger partial charge is 0.497 e. The van der Waals surface area contributed by atoms with Crippen LogP contribution in [0.1, 0.15) is 5.56 Å². The fourth-order valence-corrected chi connectivity index (χ4v) is 4.12. The van der Waals surface area contributed by atoms with Gasteiger partial charge in [-0.25, -0.2) is 8.42 Å². The summed E-state index contributed by atoms with van der Waals surface area (Å²) in [6, 6.07) is 21.8. The van der Waals surface area contributed by atoms with Crippen LogP contribution >= 0.6 is 0 Å². The highest BCUT2D eigenvalue weighted by atomic mass is 32.2. The second-order valence-corrected chi connectivity index (χ2v) is 8.63. The third kappa shape index (κ3) is 5.18. The molecular formula is C23H23NO5S. The first-order valence-electron chi connectivity index (χ1n) is 9.30. The van der Waals surface area contributed by atoms with Crippen molar-refractivity contribution in [2.75, 3.05) is 20.8 Å². The maximum Gasteiger partial charge on any atom is 0.260 e. The molecule has 0 N–H and O–H groups in total. The van der Waals surface area contributed by atoms with E-state index in [4.69, 9.17) is 9.47 Å². The van der Waals surface area contributed by atoms with Gasteiger partial charge in [-0.05, 0) is 54.1 Å². The van der Waals surface area contributed by atoms with E-state index in [2.05, 4.69) is 0 Å². The lowest BCUT2D eigenvalue weighted by atomic mass is 10.2. The second kappa shape index (κ2) is 9.45. The van der Waals surface area contributed by atoms with Gasteiger partial charge in [-0.2, -0.15) is 0 Å². The smallest absolute Gasteiger partial charge is 0.260 e. The van der Waals surface area contributed by atoms with Crippen LogP contribution in [-0.4, -0.2) is 40.0 Å². The summed E-state index contributed by atoms with van der Waals surface area (Å²) < 4.78 is 35.9. The zero-order valence-electron chi connectivity index (χ0n) is 16.8. The first kappa shape index (κ1) is 21.4. The summed E-state index contributed by atoms with van der Waals surface area (Å²) in [5.74, 6) is 0.957. The van der Waals surface area contributed by atoms with Gasteiger partial charge in [-0.15, -0.1) is 0 Å². The lowest BCUT2D eigenvalue weighted by molar-refractivity contribution is -0.132. The molecule has 0 bridgehead atoms. The molecule has 6 nitrogen and oxygen atoms in total. The van der Waals surface area contributed by atoms with E-state index < -0.39 is 9.84 Å². The molecule has 0 aliphatic rings. The van der Waals surface area contributed by atoms with Gasteiger partial charge in [-0.1, -0.05) is 30.3 Å². The summed E-state index contributed by atoms with van der Waals surface area (Å²) in [7, 11) is -0.291. The topological polar surface area (TPSA) is 72.9 Å². The highest BCUT2D eigenvalue weighted by Crippen LogP contribution is 2.23. The molecule has 156 valence electrons. The van der Waals surface area contributed by atoms with Gasteiger partial charge in [0.1, 0.15) is 11.5 Å². The van der Waals surface area contributed by atoms with E-state index in [0.717, 1.165) is 11.3 Å². The highest BCUT2D eigenvalue weighted by Gasteiger charge is 2.17. The highest BCUT2D eigenvalue weighted by molar-refractivity contribution is 7.91. The number of carbonyl (C=O) groups is 1. The fraction of sp³-hybridized carbons (Fsp3) is 0.174. The normalized spacial score (nSPS) is 11.0. The van der Waals surface area contributed by atoms with E-state index in [1.807, 2.05) is 24.3 Å². The standard InChI is InChI=1S/C23H23NO5S/c1-24(16-18-7-6-8-20(15-18)28-2)23(25)17-29-19-11-13-22(14-12-19)30(26,27)21-9-4-3-5-10-21/h3-15H,16-17H2,1-2H3. The molecule has 3 rings (SSSR count). The average Bonchev–Trinajstić information content (AvgIpc) is 2.78. The minimum Gasteiger partial charge on any atom is -0.497 e. The van der Waals surface area contributed by atoms with Crippen molar-refractivity contribution in [2.45, 2.75) is 16.3 Å². The van der Waals surface area contributed by atoms with Crippen LogP contribution in [0.3, 0.4) is 0 Å². The molecule has 0 radical (unpaired) electrons. The van der Waals surface area contributed by atoms with Crippen molar-refractivity contribution in [2.24, 2.45) is 0 Å². The van der Waals surface area contributed by atoms with Crippen LogP contribution in [0.15, 0.2) is 88.7 Å². The lowest BCUT2D eigenvalue weighted by Gasteiger charge is -2.18. The predicted octanol–water partition coefficient (Wildman–Crippen LogP) is 3.57. The van der Waals surface area contributed by atoms with Crippen molar-refractivity contribution in [3.05, 3.63) is 84.4 Å². The number of hydrogen-bond acceptors (Lipinski definition) is 5. The Balaban J connectivity index is 1.58. The van der Waals surface area contributed by atoms with Crippen molar-refractivity contribution in [1.29, 1.82) is 0 Å². The molecule has 0 heterocycles. The molecular weight excluding hydrogens is 402 g/mol. The van der Waals surface area contributed by atoms with Crippen molar-refractivity contribution >= 4 is 15.7 Å². The summed E-state index contributed by atoms with van der Waals surface area (Å²) in [6.45, 7) is 0.277. The zero-order chi connectivity index (χ0) is 21.6. The van der Waals surface area contributed by atoms with Crippen LogP contribution in [0.25, 0.3) is 0 Å². The van der Waals surface area contributed by atoms with E-state index in [1.54, 1.807) is 61.5 Å². The van der Waals surface area contributed by atoms with Gasteiger partial charge in [0.05, 0.1) is 16.9 Å². The van der Waals surface area contributed by atoms with Gasteiger partial charge in [0.15, 0.2) is 6.61 Å². The Bertz CT molecular complexity index is 1100. The number of amides is 1. The number of benzene rings is 3. The maximum atomic E-state index is 12.6. The number of ether oxygens (including phenoxy) is 2. The summed E-state index contributed by atoms with van der Waals surface area (Å²) in [6.07, 6.45) is 0. The number of methoxy groups -OCH3 is 1. The Morgan fingerprint density at radius 1 is 0.867 bits per heavy atom. The third-order valence-corrected chi connectivity index (χ3v) is 6.32. The molecule has 0 saturated heterocycles. The fourth-order valence-electron chi connectivity index (χ4n) is 2.84. The molecule has 0 spiro atoms. The third-order valence-electron chi connectivity index (χ3n) is 4.53. The van der Waals surface area contributed by atoms with E-state index in [1.165, 1.54) is 12.1 Å². The number of likely N-dealkylation sites (N-methyl/N-ethyl adjacent to an activating group) is 1. The van der Waals surface area contributed by atoms with E-state index in [-0.39, 0.29) is 22.3 Å². The first-order valence-corrected chi connectivity index (χ1v) is 10.8. The molecule has 1 amide bonds. The lowest BCUT2D eigenvalue weighted by Crippen LogP contribution is -2.30.